The molecule has 0 amide bonds. The van der Waals surface area contributed by atoms with Crippen LogP contribution in [0.25, 0.3) is 11.3 Å². The van der Waals surface area contributed by atoms with Crippen LogP contribution in [0, 0.1) is 22.7 Å². The Kier molecular flexibility index (Phi) is 6.70. The zero-order chi connectivity index (χ0) is 23.4. The Hall–Kier alpha value is -3.32. The molecule has 2 unspecified atom stereocenters. The summed E-state index contributed by atoms with van der Waals surface area (Å²) in [4.78, 5) is 29.6. The van der Waals surface area contributed by atoms with E-state index in [4.69, 9.17) is 4.98 Å². The van der Waals surface area contributed by atoms with Crippen molar-refractivity contribution < 1.29 is 9.59 Å². The van der Waals surface area contributed by atoms with Gasteiger partial charge in [0.15, 0.2) is 5.78 Å². The number of hydrogen-bond acceptors (Lipinski definition) is 4. The average Bonchev–Trinajstić information content (AvgIpc) is 3.55. The van der Waals surface area contributed by atoms with Gasteiger partial charge in [-0.15, -0.1) is 0 Å². The van der Waals surface area contributed by atoms with E-state index in [2.05, 4.69) is 31.2 Å². The molecule has 2 aliphatic carbocycles. The number of carbonyl (C=O) groups is 2. The fraction of sp³-hybridized carbons (Fsp3) is 0.379. The average molecular weight is 439 g/mol. The summed E-state index contributed by atoms with van der Waals surface area (Å²) in [6.45, 7) is 3.97. The third-order valence-electron chi connectivity index (χ3n) is 6.96. The molecule has 4 rings (SSSR count). The van der Waals surface area contributed by atoms with E-state index in [1.807, 2.05) is 37.3 Å². The summed E-state index contributed by atoms with van der Waals surface area (Å²) in [6.07, 6.45) is 11.8. The molecule has 2 aliphatic rings. The predicted octanol–water partition coefficient (Wildman–Crippen LogP) is 6.41. The van der Waals surface area contributed by atoms with Crippen molar-refractivity contribution in [2.75, 3.05) is 0 Å². The van der Waals surface area contributed by atoms with Gasteiger partial charge in [0, 0.05) is 30.4 Å². The highest BCUT2D eigenvalue weighted by Gasteiger charge is 2.50. The first kappa shape index (κ1) is 22.9. The Labute approximate surface area is 196 Å². The molecule has 0 N–H and O–H groups in total. The van der Waals surface area contributed by atoms with E-state index in [0.717, 1.165) is 24.1 Å². The monoisotopic (exact) mass is 438 g/mol. The normalized spacial score (nSPS) is 20.5. The van der Waals surface area contributed by atoms with Crippen molar-refractivity contribution in [3.05, 3.63) is 77.0 Å². The molecular weight excluding hydrogens is 408 g/mol. The third kappa shape index (κ3) is 5.03. The molecule has 0 saturated heterocycles. The smallest absolute Gasteiger partial charge is 0.165 e. The molecule has 0 aliphatic heterocycles. The van der Waals surface area contributed by atoms with Crippen LogP contribution in [0.15, 0.2) is 60.2 Å². The first-order valence-electron chi connectivity index (χ1n) is 11.9. The van der Waals surface area contributed by atoms with E-state index in [1.165, 1.54) is 12.0 Å². The molecule has 1 aromatic carbocycles. The Morgan fingerprint density at radius 1 is 1.18 bits per heavy atom. The van der Waals surface area contributed by atoms with Crippen LogP contribution in [0.3, 0.4) is 0 Å². The molecule has 2 aromatic rings. The Bertz CT molecular complexity index is 1180. The van der Waals surface area contributed by atoms with Gasteiger partial charge in [0.05, 0.1) is 23.0 Å². The van der Waals surface area contributed by atoms with Gasteiger partial charge >= 0.3 is 0 Å². The largest absolute Gasteiger partial charge is 0.300 e. The van der Waals surface area contributed by atoms with Crippen molar-refractivity contribution in [2.45, 2.75) is 58.8 Å². The maximum atomic E-state index is 13.0. The number of ketones is 2. The van der Waals surface area contributed by atoms with E-state index in [0.29, 0.717) is 35.6 Å². The molecular formula is C29H30N2O2. The van der Waals surface area contributed by atoms with E-state index in [-0.39, 0.29) is 29.8 Å². The van der Waals surface area contributed by atoms with Crippen LogP contribution in [-0.2, 0) is 11.2 Å². The van der Waals surface area contributed by atoms with Crippen LogP contribution in [-0.4, -0.2) is 16.6 Å². The number of carbonyl (C=O) groups excluding carboxylic acids is 2. The SMILES string of the molecule is CCC(=O)CCC(=O)c1ccc(-c2ccccc2C#N)nc1CCCC12C=C(C)C=CC1C2. The minimum Gasteiger partial charge on any atom is -0.300 e. The Balaban J connectivity index is 1.57. The molecule has 1 saturated carbocycles. The van der Waals surface area contributed by atoms with Gasteiger partial charge in [-0.25, -0.2) is 0 Å². The lowest BCUT2D eigenvalue weighted by Crippen LogP contribution is -2.10. The minimum atomic E-state index is -0.0294. The number of aryl methyl sites for hydroxylation is 1. The van der Waals surface area contributed by atoms with E-state index >= 15 is 0 Å². The standard InChI is InChI=1S/C29H30N2O2/c1-3-23(32)12-15-28(33)25-13-14-27(24-8-5-4-7-21(24)19-30)31-26(25)9-6-16-29-17-20(2)10-11-22(29)18-29/h4-5,7-8,10-11,13-14,17,22H,3,6,9,12,15-16,18H2,1-2H3. The quantitative estimate of drug-likeness (QED) is 0.402. The van der Waals surface area contributed by atoms with E-state index in [9.17, 15) is 14.9 Å². The number of Topliss-reactive ketones (excluding diaryl/α,β-unsaturated/α-hetero) is 2. The van der Waals surface area contributed by atoms with Gasteiger partial charge < -0.3 is 0 Å². The summed E-state index contributed by atoms with van der Waals surface area (Å²) < 4.78 is 0. The number of rotatable bonds is 10. The maximum Gasteiger partial charge on any atom is 0.165 e. The molecule has 0 bridgehead atoms. The third-order valence-corrected chi connectivity index (χ3v) is 6.96. The van der Waals surface area contributed by atoms with Crippen LogP contribution in [0.4, 0.5) is 0 Å². The van der Waals surface area contributed by atoms with Gasteiger partial charge in [-0.1, -0.05) is 48.9 Å². The molecule has 1 heterocycles. The first-order valence-corrected chi connectivity index (χ1v) is 11.9. The van der Waals surface area contributed by atoms with Gasteiger partial charge in [-0.05, 0) is 62.1 Å². The van der Waals surface area contributed by atoms with Crippen molar-refractivity contribution in [3.8, 4) is 17.3 Å². The number of pyridine rings is 1. The summed E-state index contributed by atoms with van der Waals surface area (Å²) in [5.74, 6) is 0.714. The lowest BCUT2D eigenvalue weighted by Gasteiger charge is -2.17. The summed E-state index contributed by atoms with van der Waals surface area (Å²) in [7, 11) is 0. The van der Waals surface area contributed by atoms with Crippen molar-refractivity contribution in [1.82, 2.24) is 4.98 Å². The summed E-state index contributed by atoms with van der Waals surface area (Å²) in [6, 6.07) is 13.3. The van der Waals surface area contributed by atoms with Crippen LogP contribution in [0.1, 0.15) is 74.0 Å². The van der Waals surface area contributed by atoms with Crippen LogP contribution >= 0.6 is 0 Å². The second-order valence-electron chi connectivity index (χ2n) is 9.31. The molecule has 4 heteroatoms. The second kappa shape index (κ2) is 9.67. The zero-order valence-corrected chi connectivity index (χ0v) is 19.4. The van der Waals surface area contributed by atoms with Crippen molar-refractivity contribution in [2.24, 2.45) is 11.3 Å². The van der Waals surface area contributed by atoms with E-state index in [1.54, 1.807) is 6.07 Å². The number of hydrogen-bond donors (Lipinski definition) is 0. The fourth-order valence-electron chi connectivity index (χ4n) is 4.95. The molecule has 33 heavy (non-hydrogen) atoms. The number of nitrogens with zero attached hydrogens (tertiary/aromatic N) is 2. The van der Waals surface area contributed by atoms with Crippen LogP contribution in [0.5, 0.6) is 0 Å². The fourth-order valence-corrected chi connectivity index (χ4v) is 4.95. The molecule has 1 fully saturated rings. The molecule has 2 atom stereocenters. The number of benzene rings is 1. The van der Waals surface area contributed by atoms with Gasteiger partial charge in [0.1, 0.15) is 5.78 Å². The van der Waals surface area contributed by atoms with Gasteiger partial charge in [-0.2, -0.15) is 5.26 Å². The number of nitriles is 1. The number of fused-ring (bicyclic) bond motifs is 1. The number of allylic oxidation sites excluding steroid dienone is 4. The maximum absolute atomic E-state index is 13.0. The molecule has 1 aromatic heterocycles. The summed E-state index contributed by atoms with van der Waals surface area (Å²) >= 11 is 0. The lowest BCUT2D eigenvalue weighted by molar-refractivity contribution is -0.118. The highest BCUT2D eigenvalue weighted by Crippen LogP contribution is 2.60. The van der Waals surface area contributed by atoms with Crippen molar-refractivity contribution >= 4 is 11.6 Å². The lowest BCUT2D eigenvalue weighted by atomic mass is 9.89. The Morgan fingerprint density at radius 3 is 2.79 bits per heavy atom. The predicted molar refractivity (Wildman–Crippen MR) is 130 cm³/mol. The van der Waals surface area contributed by atoms with Gasteiger partial charge in [0.2, 0.25) is 0 Å². The molecule has 4 nitrogen and oxygen atoms in total. The van der Waals surface area contributed by atoms with Crippen molar-refractivity contribution in [3.63, 3.8) is 0 Å². The first-order chi connectivity index (χ1) is 16.0. The topological polar surface area (TPSA) is 70.8 Å². The molecule has 168 valence electrons. The van der Waals surface area contributed by atoms with Crippen LogP contribution < -0.4 is 0 Å². The molecule has 0 spiro atoms. The van der Waals surface area contributed by atoms with Crippen LogP contribution in [0.2, 0.25) is 0 Å². The number of aromatic nitrogens is 1. The second-order valence-corrected chi connectivity index (χ2v) is 9.31. The summed E-state index contributed by atoms with van der Waals surface area (Å²) in [5.41, 5.74) is 5.04. The Morgan fingerprint density at radius 2 is 2.00 bits per heavy atom. The van der Waals surface area contributed by atoms with Crippen molar-refractivity contribution in [1.29, 1.82) is 5.26 Å². The van der Waals surface area contributed by atoms with Gasteiger partial charge in [-0.3, -0.25) is 14.6 Å². The highest BCUT2D eigenvalue weighted by molar-refractivity contribution is 5.99. The van der Waals surface area contributed by atoms with E-state index < -0.39 is 0 Å². The summed E-state index contributed by atoms with van der Waals surface area (Å²) in [5, 5.41) is 9.50. The van der Waals surface area contributed by atoms with Gasteiger partial charge in [0.25, 0.3) is 0 Å². The minimum absolute atomic E-state index is 0.0294. The highest BCUT2D eigenvalue weighted by atomic mass is 16.1. The zero-order valence-electron chi connectivity index (χ0n) is 19.4. The molecule has 0 radical (unpaired) electrons.